The zero-order valence-corrected chi connectivity index (χ0v) is 30.7. The summed E-state index contributed by atoms with van der Waals surface area (Å²) in [6.45, 7) is 6.11. The molecular formula is C37H47N9O7. The number of benzene rings is 2. The van der Waals surface area contributed by atoms with Crippen LogP contribution in [-0.2, 0) is 27.3 Å². The first-order chi connectivity index (χ1) is 25.5. The molecule has 4 N–H and O–H groups in total. The quantitative estimate of drug-likeness (QED) is 0.219. The summed E-state index contributed by atoms with van der Waals surface area (Å²) in [5, 5.41) is 20.7. The molecule has 0 unspecified atom stereocenters. The van der Waals surface area contributed by atoms with Gasteiger partial charge in [0, 0.05) is 37.9 Å². The third kappa shape index (κ3) is 9.36. The van der Waals surface area contributed by atoms with Gasteiger partial charge in [-0.2, -0.15) is 10.2 Å². The predicted octanol–water partition coefficient (Wildman–Crippen LogP) is 2.27. The number of ether oxygens (including phenoxy) is 2. The van der Waals surface area contributed by atoms with E-state index in [4.69, 9.17) is 14.5 Å². The molecule has 3 heterocycles. The van der Waals surface area contributed by atoms with Crippen molar-refractivity contribution in [3.63, 3.8) is 0 Å². The molecule has 5 rings (SSSR count). The SMILES string of the molecule is CC[C@H](C)[C@@H]1NC(=O)CCCN(C(=O)c2n[nH]c(=O)c3ccccc23)CCCNC(=O)Cn2nc(Cc3ccc(OC)c(OC)c3)nc2[C@@H](C)NC1=O. The highest BCUT2D eigenvalue weighted by molar-refractivity contribution is 6.04. The largest absolute Gasteiger partial charge is 0.493 e. The molecule has 0 saturated heterocycles. The second-order valence-electron chi connectivity index (χ2n) is 13.1. The third-order valence-electron chi connectivity index (χ3n) is 9.35. The zero-order chi connectivity index (χ0) is 38.1. The van der Waals surface area contributed by atoms with Crippen molar-refractivity contribution in [1.29, 1.82) is 0 Å². The van der Waals surface area contributed by atoms with E-state index in [1.807, 2.05) is 26.0 Å². The van der Waals surface area contributed by atoms with E-state index in [0.717, 1.165) is 5.56 Å². The Kier molecular flexibility index (Phi) is 12.8. The van der Waals surface area contributed by atoms with Crippen molar-refractivity contribution < 1.29 is 28.7 Å². The lowest BCUT2D eigenvalue weighted by molar-refractivity contribution is -0.130. The van der Waals surface area contributed by atoms with Crippen molar-refractivity contribution in [3.8, 4) is 11.5 Å². The standard InChI is InChI=1S/C37H47N9O7/c1-6-22(2)32-36(50)39-23(3)34-40-29(20-24-14-15-27(52-4)28(19-24)53-5)44-46(34)21-31(48)38-16-10-18-45(17-9-13-30(47)41-32)37(51)33-25-11-7-8-12-26(25)35(49)43-42-33/h7-8,11-12,14-15,19,22-23,32H,6,9-10,13,16-18,20-21H2,1-5H3,(H,38,48)(H,39,50)(H,41,47)(H,43,49)/t22-,23+,32-/m0/s1. The molecule has 2 aromatic heterocycles. The molecular weight excluding hydrogens is 682 g/mol. The van der Waals surface area contributed by atoms with Gasteiger partial charge in [-0.3, -0.25) is 24.0 Å². The van der Waals surface area contributed by atoms with Crippen LogP contribution in [0.3, 0.4) is 0 Å². The minimum atomic E-state index is -0.839. The fourth-order valence-electron chi connectivity index (χ4n) is 6.27. The first-order valence-corrected chi connectivity index (χ1v) is 17.8. The van der Waals surface area contributed by atoms with Crippen molar-refractivity contribution >= 4 is 34.4 Å². The number of carbonyl (C=O) groups excluding carboxylic acids is 4. The van der Waals surface area contributed by atoms with Gasteiger partial charge in [0.1, 0.15) is 18.4 Å². The average molecular weight is 730 g/mol. The summed E-state index contributed by atoms with van der Waals surface area (Å²) in [4.78, 5) is 72.8. The smallest absolute Gasteiger partial charge is 0.274 e. The molecule has 0 saturated carbocycles. The molecule has 4 aromatic rings. The van der Waals surface area contributed by atoms with Crippen LogP contribution in [0.5, 0.6) is 11.5 Å². The van der Waals surface area contributed by atoms with Gasteiger partial charge in [0.05, 0.1) is 25.6 Å². The number of hydrogen-bond donors (Lipinski definition) is 4. The van der Waals surface area contributed by atoms with E-state index in [9.17, 15) is 24.0 Å². The number of aromatic amines is 1. The number of amides is 4. The summed E-state index contributed by atoms with van der Waals surface area (Å²) in [5.41, 5.74) is 0.525. The van der Waals surface area contributed by atoms with Gasteiger partial charge in [-0.15, -0.1) is 0 Å². The molecule has 0 bridgehead atoms. The summed E-state index contributed by atoms with van der Waals surface area (Å²) in [7, 11) is 3.11. The maximum absolute atomic E-state index is 13.9. The maximum atomic E-state index is 13.9. The van der Waals surface area contributed by atoms with Crippen molar-refractivity contribution in [2.45, 2.75) is 71.5 Å². The summed E-state index contributed by atoms with van der Waals surface area (Å²) in [6.07, 6.45) is 1.72. The lowest BCUT2D eigenvalue weighted by atomic mass is 9.97. The number of nitrogens with zero attached hydrogens (tertiary/aromatic N) is 5. The van der Waals surface area contributed by atoms with Crippen LogP contribution in [0, 0.1) is 5.92 Å². The van der Waals surface area contributed by atoms with Crippen molar-refractivity contribution in [1.82, 2.24) is 45.8 Å². The molecule has 0 aliphatic carbocycles. The lowest BCUT2D eigenvalue weighted by Crippen LogP contribution is -2.51. The van der Waals surface area contributed by atoms with Crippen molar-refractivity contribution in [2.24, 2.45) is 5.92 Å². The number of hydrogen-bond acceptors (Lipinski definition) is 10. The van der Waals surface area contributed by atoms with E-state index in [-0.39, 0.29) is 56.0 Å². The Bertz CT molecular complexity index is 2010. The summed E-state index contributed by atoms with van der Waals surface area (Å²) < 4.78 is 12.3. The van der Waals surface area contributed by atoms with Crippen LogP contribution in [-0.4, -0.2) is 93.4 Å². The van der Waals surface area contributed by atoms with Crippen LogP contribution >= 0.6 is 0 Å². The molecule has 1 aliphatic heterocycles. The minimum absolute atomic E-state index is 0.0594. The number of aromatic nitrogens is 5. The van der Waals surface area contributed by atoms with Gasteiger partial charge in [0.2, 0.25) is 17.7 Å². The van der Waals surface area contributed by atoms with Crippen LogP contribution in [0.1, 0.15) is 80.2 Å². The molecule has 0 fully saturated rings. The highest BCUT2D eigenvalue weighted by Crippen LogP contribution is 2.28. The van der Waals surface area contributed by atoms with Gasteiger partial charge in [-0.25, -0.2) is 14.8 Å². The molecule has 16 heteroatoms. The normalized spacial score (nSPS) is 18.5. The van der Waals surface area contributed by atoms with E-state index >= 15 is 0 Å². The summed E-state index contributed by atoms with van der Waals surface area (Å²) >= 11 is 0. The molecule has 1 aliphatic rings. The summed E-state index contributed by atoms with van der Waals surface area (Å²) in [6, 6.07) is 10.7. The number of H-pyrrole nitrogens is 1. The van der Waals surface area contributed by atoms with Gasteiger partial charge in [0.25, 0.3) is 11.5 Å². The second kappa shape index (κ2) is 17.6. The molecule has 4 amide bonds. The van der Waals surface area contributed by atoms with Crippen LogP contribution in [0.15, 0.2) is 47.3 Å². The zero-order valence-electron chi connectivity index (χ0n) is 30.7. The number of nitrogens with one attached hydrogen (secondary N) is 4. The Labute approximate surface area is 307 Å². The fraction of sp³-hybridized carbons (Fsp3) is 0.459. The Morgan fingerprint density at radius 1 is 0.962 bits per heavy atom. The molecule has 53 heavy (non-hydrogen) atoms. The average Bonchev–Trinajstić information content (AvgIpc) is 3.55. The molecule has 2 aromatic carbocycles. The van der Waals surface area contributed by atoms with E-state index < -0.39 is 29.5 Å². The summed E-state index contributed by atoms with van der Waals surface area (Å²) in [5.74, 6) is 0.266. The fourth-order valence-corrected chi connectivity index (χ4v) is 6.27. The van der Waals surface area contributed by atoms with Crippen LogP contribution < -0.4 is 31.0 Å². The van der Waals surface area contributed by atoms with Gasteiger partial charge >= 0.3 is 0 Å². The Morgan fingerprint density at radius 2 is 1.70 bits per heavy atom. The number of carbonyl (C=O) groups is 4. The maximum Gasteiger partial charge on any atom is 0.274 e. The molecule has 0 radical (unpaired) electrons. The van der Waals surface area contributed by atoms with Gasteiger partial charge in [-0.05, 0) is 49.4 Å². The highest BCUT2D eigenvalue weighted by Gasteiger charge is 2.29. The predicted molar refractivity (Wildman–Crippen MR) is 195 cm³/mol. The third-order valence-corrected chi connectivity index (χ3v) is 9.35. The van der Waals surface area contributed by atoms with E-state index in [0.29, 0.717) is 59.6 Å². The number of methoxy groups -OCH3 is 2. The Morgan fingerprint density at radius 3 is 2.43 bits per heavy atom. The molecule has 0 spiro atoms. The number of rotatable bonds is 7. The topological polar surface area (TPSA) is 203 Å². The van der Waals surface area contributed by atoms with Gasteiger partial charge in [0.15, 0.2) is 23.0 Å². The van der Waals surface area contributed by atoms with Crippen molar-refractivity contribution in [2.75, 3.05) is 33.9 Å². The van der Waals surface area contributed by atoms with Gasteiger partial charge < -0.3 is 30.3 Å². The van der Waals surface area contributed by atoms with Gasteiger partial charge in [-0.1, -0.05) is 44.5 Å². The van der Waals surface area contributed by atoms with E-state index in [2.05, 4.69) is 31.2 Å². The first kappa shape index (κ1) is 38.4. The number of fused-ring (bicyclic) bond motifs is 2. The first-order valence-electron chi connectivity index (χ1n) is 17.8. The van der Waals surface area contributed by atoms with E-state index in [1.54, 1.807) is 56.4 Å². The lowest BCUT2D eigenvalue weighted by Gasteiger charge is -2.26. The monoisotopic (exact) mass is 729 g/mol. The Hall–Kier alpha value is -5.80. The minimum Gasteiger partial charge on any atom is -0.493 e. The molecule has 16 nitrogen and oxygen atoms in total. The Balaban J connectivity index is 1.41. The van der Waals surface area contributed by atoms with E-state index in [1.165, 1.54) is 4.68 Å². The van der Waals surface area contributed by atoms with Crippen LogP contribution in [0.4, 0.5) is 0 Å². The molecule has 3 atom stereocenters. The van der Waals surface area contributed by atoms with Crippen LogP contribution in [0.2, 0.25) is 0 Å². The van der Waals surface area contributed by atoms with Crippen LogP contribution in [0.25, 0.3) is 10.8 Å². The van der Waals surface area contributed by atoms with Crippen molar-refractivity contribution in [3.05, 3.63) is 75.7 Å². The second-order valence-corrected chi connectivity index (χ2v) is 13.1. The highest BCUT2D eigenvalue weighted by atomic mass is 16.5. The molecule has 282 valence electrons.